The van der Waals surface area contributed by atoms with Crippen LogP contribution in [0.25, 0.3) is 16.0 Å². The summed E-state index contributed by atoms with van der Waals surface area (Å²) in [6, 6.07) is 13.3. The number of hydrogen-bond acceptors (Lipinski definition) is 7. The molecule has 1 aliphatic heterocycles. The van der Waals surface area contributed by atoms with Crippen molar-refractivity contribution in [1.82, 2.24) is 4.98 Å². The Morgan fingerprint density at radius 2 is 1.94 bits per heavy atom. The summed E-state index contributed by atoms with van der Waals surface area (Å²) < 4.78 is 12.3. The molecule has 1 saturated heterocycles. The van der Waals surface area contributed by atoms with E-state index in [-0.39, 0.29) is 11.3 Å². The van der Waals surface area contributed by atoms with Crippen LogP contribution in [-0.4, -0.2) is 28.4 Å². The Hall–Kier alpha value is -3.91. The number of carbonyl (C=O) groups is 2. The number of aliphatic hydroxyl groups is 1. The monoisotopic (exact) mass is 488 g/mol. The molecular weight excluding hydrogens is 464 g/mol. The van der Waals surface area contributed by atoms with Gasteiger partial charge in [0.2, 0.25) is 0 Å². The number of nitrogens with zero attached hydrogens (tertiary/aromatic N) is 2. The van der Waals surface area contributed by atoms with Gasteiger partial charge in [-0.1, -0.05) is 29.5 Å². The largest absolute Gasteiger partial charge is 0.507 e. The second-order valence-electron chi connectivity index (χ2n) is 8.50. The smallest absolute Gasteiger partial charge is 0.302 e. The maximum absolute atomic E-state index is 13.4. The van der Waals surface area contributed by atoms with Crippen LogP contribution in [0.2, 0.25) is 0 Å². The van der Waals surface area contributed by atoms with E-state index in [2.05, 4.69) is 0 Å². The van der Waals surface area contributed by atoms with Gasteiger partial charge in [-0.25, -0.2) is 4.98 Å². The van der Waals surface area contributed by atoms with Crippen molar-refractivity contribution in [1.29, 1.82) is 0 Å². The number of ether oxygens (including phenoxy) is 1. The summed E-state index contributed by atoms with van der Waals surface area (Å²) in [5.74, 6) is -0.306. The molecule has 4 aromatic rings. The Kier molecular flexibility index (Phi) is 5.68. The van der Waals surface area contributed by atoms with E-state index in [9.17, 15) is 14.7 Å². The SMILES string of the molecule is CCOc1cccc(/C(O)=C2\C(=O)C(=O)N(c3nc4c(C)cc(C)cc4s3)C2c2ccc(C)o2)c1. The maximum atomic E-state index is 13.4. The van der Waals surface area contributed by atoms with E-state index in [0.717, 1.165) is 21.3 Å². The van der Waals surface area contributed by atoms with Crippen molar-refractivity contribution in [3.8, 4) is 5.75 Å². The highest BCUT2D eigenvalue weighted by Crippen LogP contribution is 2.45. The summed E-state index contributed by atoms with van der Waals surface area (Å²) in [4.78, 5) is 32.8. The first-order valence-electron chi connectivity index (χ1n) is 11.3. The van der Waals surface area contributed by atoms with Gasteiger partial charge in [0.1, 0.15) is 29.1 Å². The van der Waals surface area contributed by atoms with Crippen LogP contribution in [0, 0.1) is 20.8 Å². The number of rotatable bonds is 5. The molecule has 5 rings (SSSR count). The number of aryl methyl sites for hydroxylation is 3. The summed E-state index contributed by atoms with van der Waals surface area (Å²) in [5.41, 5.74) is 3.16. The minimum Gasteiger partial charge on any atom is -0.507 e. The minimum absolute atomic E-state index is 0.0508. The highest BCUT2D eigenvalue weighted by molar-refractivity contribution is 7.22. The van der Waals surface area contributed by atoms with Crippen LogP contribution in [0.4, 0.5) is 5.13 Å². The second kappa shape index (κ2) is 8.70. The van der Waals surface area contributed by atoms with Gasteiger partial charge in [0.15, 0.2) is 5.13 Å². The molecule has 1 amide bonds. The lowest BCUT2D eigenvalue weighted by Gasteiger charge is -2.20. The fourth-order valence-electron chi connectivity index (χ4n) is 4.42. The van der Waals surface area contributed by atoms with Crippen LogP contribution < -0.4 is 9.64 Å². The molecule has 0 spiro atoms. The molecule has 0 aliphatic carbocycles. The van der Waals surface area contributed by atoms with E-state index in [1.54, 1.807) is 43.3 Å². The zero-order valence-electron chi connectivity index (χ0n) is 19.8. The van der Waals surface area contributed by atoms with E-state index < -0.39 is 17.7 Å². The standard InChI is InChI=1S/C27H24N2O5S/c1-5-33-18-8-6-7-17(13-18)24(30)21-23(19-10-9-16(4)34-19)29(26(32)25(21)31)27-28-22-15(3)11-14(2)12-20(22)35-27/h6-13,23,30H,5H2,1-4H3/b24-21+. The van der Waals surface area contributed by atoms with Crippen molar-refractivity contribution in [3.05, 3.63) is 82.3 Å². The molecule has 8 heteroatoms. The number of aromatic nitrogens is 1. The zero-order valence-corrected chi connectivity index (χ0v) is 20.6. The Balaban J connectivity index is 1.71. The molecule has 3 heterocycles. The lowest BCUT2D eigenvalue weighted by atomic mass is 9.99. The van der Waals surface area contributed by atoms with Gasteiger partial charge in [0, 0.05) is 5.56 Å². The quantitative estimate of drug-likeness (QED) is 0.216. The Labute approximate surface area is 206 Å². The van der Waals surface area contributed by atoms with E-state index in [0.29, 0.717) is 34.6 Å². The molecule has 2 aromatic carbocycles. The normalized spacial score (nSPS) is 17.5. The average Bonchev–Trinajstić information content (AvgIpc) is 3.50. The van der Waals surface area contributed by atoms with Gasteiger partial charge in [0.05, 0.1) is 22.4 Å². The number of furan rings is 1. The number of anilines is 1. The number of amides is 1. The van der Waals surface area contributed by atoms with Crippen molar-refractivity contribution in [3.63, 3.8) is 0 Å². The average molecular weight is 489 g/mol. The molecule has 1 atom stereocenters. The molecule has 1 N–H and O–H groups in total. The minimum atomic E-state index is -0.957. The van der Waals surface area contributed by atoms with Crippen LogP contribution in [0.5, 0.6) is 5.75 Å². The summed E-state index contributed by atoms with van der Waals surface area (Å²) in [6.07, 6.45) is 0. The first-order chi connectivity index (χ1) is 16.8. The highest BCUT2D eigenvalue weighted by atomic mass is 32.1. The number of fused-ring (bicyclic) bond motifs is 1. The number of Topliss-reactive ketones (excluding diaryl/α,β-unsaturated/α-hetero) is 1. The predicted molar refractivity (Wildman–Crippen MR) is 135 cm³/mol. The topological polar surface area (TPSA) is 92.9 Å². The van der Waals surface area contributed by atoms with Gasteiger partial charge in [0.25, 0.3) is 5.78 Å². The number of carbonyl (C=O) groups excluding carboxylic acids is 2. The molecule has 35 heavy (non-hydrogen) atoms. The lowest BCUT2D eigenvalue weighted by molar-refractivity contribution is -0.132. The molecule has 178 valence electrons. The van der Waals surface area contributed by atoms with Crippen molar-refractivity contribution in [2.24, 2.45) is 0 Å². The lowest BCUT2D eigenvalue weighted by Crippen LogP contribution is -2.29. The number of benzene rings is 2. The Bertz CT molecular complexity index is 1510. The van der Waals surface area contributed by atoms with Crippen LogP contribution in [-0.2, 0) is 9.59 Å². The second-order valence-corrected chi connectivity index (χ2v) is 9.51. The fourth-order valence-corrected chi connectivity index (χ4v) is 5.59. The third-order valence-electron chi connectivity index (χ3n) is 5.92. The van der Waals surface area contributed by atoms with Crippen molar-refractivity contribution >= 4 is 44.1 Å². The number of thiazole rings is 1. The van der Waals surface area contributed by atoms with Gasteiger partial charge in [-0.15, -0.1) is 0 Å². The van der Waals surface area contributed by atoms with Gasteiger partial charge in [-0.05, 0) is 69.2 Å². The zero-order chi connectivity index (χ0) is 24.9. The van der Waals surface area contributed by atoms with Crippen LogP contribution >= 0.6 is 11.3 Å². The van der Waals surface area contributed by atoms with Crippen LogP contribution in [0.1, 0.15) is 41.2 Å². The summed E-state index contributed by atoms with van der Waals surface area (Å²) in [5, 5.41) is 11.7. The first-order valence-corrected chi connectivity index (χ1v) is 12.1. The molecule has 0 bridgehead atoms. The van der Waals surface area contributed by atoms with E-state index in [1.165, 1.54) is 16.2 Å². The van der Waals surface area contributed by atoms with Gasteiger partial charge in [-0.2, -0.15) is 0 Å². The Morgan fingerprint density at radius 1 is 1.14 bits per heavy atom. The van der Waals surface area contributed by atoms with Crippen molar-refractivity contribution < 1.29 is 23.8 Å². The maximum Gasteiger partial charge on any atom is 0.302 e. The van der Waals surface area contributed by atoms with Gasteiger partial charge in [-0.3, -0.25) is 14.5 Å². The molecule has 7 nitrogen and oxygen atoms in total. The van der Waals surface area contributed by atoms with Crippen molar-refractivity contribution in [2.75, 3.05) is 11.5 Å². The fraction of sp³-hybridized carbons (Fsp3) is 0.222. The molecular formula is C27H24N2O5S. The number of aliphatic hydroxyl groups excluding tert-OH is 1. The van der Waals surface area contributed by atoms with E-state index in [4.69, 9.17) is 14.1 Å². The third-order valence-corrected chi connectivity index (χ3v) is 6.92. The molecule has 0 radical (unpaired) electrons. The van der Waals surface area contributed by atoms with Gasteiger partial charge < -0.3 is 14.3 Å². The summed E-state index contributed by atoms with van der Waals surface area (Å²) >= 11 is 1.33. The number of ketones is 1. The van der Waals surface area contributed by atoms with E-state index >= 15 is 0 Å². The summed E-state index contributed by atoms with van der Waals surface area (Å²) in [7, 11) is 0. The molecule has 2 aromatic heterocycles. The van der Waals surface area contributed by atoms with E-state index in [1.807, 2.05) is 32.9 Å². The molecule has 1 fully saturated rings. The Morgan fingerprint density at radius 3 is 2.66 bits per heavy atom. The van der Waals surface area contributed by atoms with Gasteiger partial charge >= 0.3 is 5.91 Å². The highest BCUT2D eigenvalue weighted by Gasteiger charge is 2.49. The number of hydrogen-bond donors (Lipinski definition) is 1. The van der Waals surface area contributed by atoms with Crippen molar-refractivity contribution in [2.45, 2.75) is 33.7 Å². The molecule has 1 aliphatic rings. The third kappa shape index (κ3) is 3.89. The predicted octanol–water partition coefficient (Wildman–Crippen LogP) is 5.84. The molecule has 0 saturated carbocycles. The summed E-state index contributed by atoms with van der Waals surface area (Å²) in [6.45, 7) is 8.06. The van der Waals surface area contributed by atoms with Crippen LogP contribution in [0.3, 0.4) is 0 Å². The molecule has 1 unspecified atom stereocenters. The van der Waals surface area contributed by atoms with Crippen LogP contribution in [0.15, 0.2) is 58.5 Å². The first kappa shape index (κ1) is 22.9.